The van der Waals surface area contributed by atoms with Crippen molar-refractivity contribution in [2.45, 2.75) is 13.1 Å². The van der Waals surface area contributed by atoms with Crippen LogP contribution >= 0.6 is 27.3 Å². The monoisotopic (exact) mass is 324 g/mol. The highest BCUT2D eigenvalue weighted by Gasteiger charge is 2.02. The molecule has 0 radical (unpaired) electrons. The topological polar surface area (TPSA) is 41.1 Å². The molecule has 0 saturated carbocycles. The van der Waals surface area contributed by atoms with Gasteiger partial charge in [0.2, 0.25) is 0 Å². The first-order valence-electron chi connectivity index (χ1n) is 5.54. The van der Waals surface area contributed by atoms with Crippen molar-refractivity contribution in [3.05, 3.63) is 56.7 Å². The minimum absolute atomic E-state index is 0.150. The summed E-state index contributed by atoms with van der Waals surface area (Å²) >= 11 is 5.01. The normalized spacial score (nSPS) is 10.1. The van der Waals surface area contributed by atoms with Crippen LogP contribution in [-0.4, -0.2) is 6.03 Å². The van der Waals surface area contributed by atoms with Gasteiger partial charge in [-0.3, -0.25) is 0 Å². The van der Waals surface area contributed by atoms with Gasteiger partial charge in [0, 0.05) is 11.4 Å². The minimum Gasteiger partial charge on any atom is -0.334 e. The maximum Gasteiger partial charge on any atom is 0.315 e. The molecule has 94 valence electrons. The highest BCUT2D eigenvalue weighted by molar-refractivity contribution is 9.11. The van der Waals surface area contributed by atoms with E-state index in [0.29, 0.717) is 13.1 Å². The Labute approximate surface area is 118 Å². The third kappa shape index (κ3) is 4.16. The van der Waals surface area contributed by atoms with Crippen molar-refractivity contribution in [3.63, 3.8) is 0 Å². The second kappa shape index (κ2) is 6.56. The zero-order chi connectivity index (χ0) is 12.8. The molecule has 1 aromatic heterocycles. The Morgan fingerprint density at radius 2 is 1.78 bits per heavy atom. The molecule has 2 N–H and O–H groups in total. The molecule has 18 heavy (non-hydrogen) atoms. The number of benzene rings is 1. The summed E-state index contributed by atoms with van der Waals surface area (Å²) in [5.74, 6) is 0. The van der Waals surface area contributed by atoms with Gasteiger partial charge in [-0.05, 0) is 33.6 Å². The molecule has 0 aliphatic heterocycles. The second-order valence-electron chi connectivity index (χ2n) is 3.73. The predicted octanol–water partition coefficient (Wildman–Crippen LogP) is 3.51. The predicted molar refractivity (Wildman–Crippen MR) is 77.5 cm³/mol. The van der Waals surface area contributed by atoms with Gasteiger partial charge in [-0.2, -0.15) is 0 Å². The van der Waals surface area contributed by atoms with Gasteiger partial charge in [0.1, 0.15) is 0 Å². The quantitative estimate of drug-likeness (QED) is 0.887. The van der Waals surface area contributed by atoms with Gasteiger partial charge in [-0.15, -0.1) is 11.3 Å². The van der Waals surface area contributed by atoms with E-state index >= 15 is 0 Å². The van der Waals surface area contributed by atoms with E-state index in [4.69, 9.17) is 0 Å². The second-order valence-corrected chi connectivity index (χ2v) is 6.28. The molecule has 0 atom stereocenters. The first kappa shape index (κ1) is 13.1. The average molecular weight is 325 g/mol. The summed E-state index contributed by atoms with van der Waals surface area (Å²) in [5.41, 5.74) is 1.09. The molecule has 1 heterocycles. The van der Waals surface area contributed by atoms with Gasteiger partial charge in [0.15, 0.2) is 0 Å². The summed E-state index contributed by atoms with van der Waals surface area (Å²) in [4.78, 5) is 12.7. The summed E-state index contributed by atoms with van der Waals surface area (Å²) in [6, 6.07) is 13.7. The number of thiophene rings is 1. The Hall–Kier alpha value is -1.33. The van der Waals surface area contributed by atoms with E-state index < -0.39 is 0 Å². The lowest BCUT2D eigenvalue weighted by molar-refractivity contribution is 0.240. The van der Waals surface area contributed by atoms with Gasteiger partial charge < -0.3 is 10.6 Å². The molecule has 0 aliphatic carbocycles. The summed E-state index contributed by atoms with van der Waals surface area (Å²) in [7, 11) is 0. The fourth-order valence-corrected chi connectivity index (χ4v) is 2.88. The van der Waals surface area contributed by atoms with Crippen LogP contribution in [0, 0.1) is 0 Å². The Bertz CT molecular complexity index is 513. The van der Waals surface area contributed by atoms with Crippen LogP contribution in [0.25, 0.3) is 0 Å². The number of hydrogen-bond donors (Lipinski definition) is 2. The SMILES string of the molecule is O=C(NCc1ccccc1)NCc1ccc(Br)s1. The summed E-state index contributed by atoms with van der Waals surface area (Å²) < 4.78 is 1.07. The van der Waals surface area contributed by atoms with E-state index in [2.05, 4.69) is 26.6 Å². The molecular formula is C13H13BrN2OS. The lowest BCUT2D eigenvalue weighted by Crippen LogP contribution is -2.34. The highest BCUT2D eigenvalue weighted by atomic mass is 79.9. The fraction of sp³-hybridized carbons (Fsp3) is 0.154. The molecular weight excluding hydrogens is 312 g/mol. The first-order chi connectivity index (χ1) is 8.74. The molecule has 2 amide bonds. The number of nitrogens with one attached hydrogen (secondary N) is 2. The van der Waals surface area contributed by atoms with Gasteiger partial charge in [0.25, 0.3) is 0 Å². The van der Waals surface area contributed by atoms with Crippen molar-refractivity contribution in [2.24, 2.45) is 0 Å². The number of hydrogen-bond acceptors (Lipinski definition) is 2. The van der Waals surface area contributed by atoms with Gasteiger partial charge in [-0.25, -0.2) is 4.79 Å². The number of amides is 2. The number of carbonyl (C=O) groups is 1. The van der Waals surface area contributed by atoms with E-state index in [-0.39, 0.29) is 6.03 Å². The molecule has 2 aromatic rings. The van der Waals surface area contributed by atoms with Crippen LogP contribution < -0.4 is 10.6 Å². The van der Waals surface area contributed by atoms with Crippen LogP contribution in [0.1, 0.15) is 10.4 Å². The van der Waals surface area contributed by atoms with E-state index in [0.717, 1.165) is 14.2 Å². The third-order valence-corrected chi connectivity index (χ3v) is 3.97. The Morgan fingerprint density at radius 3 is 2.44 bits per heavy atom. The van der Waals surface area contributed by atoms with Crippen LogP contribution in [0.15, 0.2) is 46.3 Å². The summed E-state index contributed by atoms with van der Waals surface area (Å²) in [6.07, 6.45) is 0. The molecule has 0 bridgehead atoms. The summed E-state index contributed by atoms with van der Waals surface area (Å²) in [6.45, 7) is 1.09. The van der Waals surface area contributed by atoms with E-state index in [1.54, 1.807) is 11.3 Å². The maximum atomic E-state index is 11.6. The average Bonchev–Trinajstić information content (AvgIpc) is 2.81. The van der Waals surface area contributed by atoms with Crippen molar-refractivity contribution in [2.75, 3.05) is 0 Å². The van der Waals surface area contributed by atoms with Gasteiger partial charge >= 0.3 is 6.03 Å². The van der Waals surface area contributed by atoms with E-state index in [9.17, 15) is 4.79 Å². The third-order valence-electron chi connectivity index (χ3n) is 2.35. The minimum atomic E-state index is -0.150. The molecule has 3 nitrogen and oxygen atoms in total. The van der Waals surface area contributed by atoms with Crippen molar-refractivity contribution in [3.8, 4) is 0 Å². The van der Waals surface area contributed by atoms with Crippen LogP contribution in [0.2, 0.25) is 0 Å². The lowest BCUT2D eigenvalue weighted by Gasteiger charge is -2.06. The Balaban J connectivity index is 1.73. The van der Waals surface area contributed by atoms with Crippen LogP contribution in [0.5, 0.6) is 0 Å². The van der Waals surface area contributed by atoms with Gasteiger partial charge in [-0.1, -0.05) is 30.3 Å². The van der Waals surface area contributed by atoms with Gasteiger partial charge in [0.05, 0.1) is 10.3 Å². The molecule has 1 aromatic carbocycles. The molecule has 0 aliphatic rings. The van der Waals surface area contributed by atoms with Crippen LogP contribution in [0.3, 0.4) is 0 Å². The Kier molecular flexibility index (Phi) is 4.78. The largest absolute Gasteiger partial charge is 0.334 e. The zero-order valence-electron chi connectivity index (χ0n) is 9.65. The highest BCUT2D eigenvalue weighted by Crippen LogP contribution is 2.21. The number of halogens is 1. The maximum absolute atomic E-state index is 11.6. The molecule has 2 rings (SSSR count). The fourth-order valence-electron chi connectivity index (χ4n) is 1.45. The van der Waals surface area contributed by atoms with Crippen molar-refractivity contribution >= 4 is 33.3 Å². The van der Waals surface area contributed by atoms with Crippen molar-refractivity contribution in [1.82, 2.24) is 10.6 Å². The standard InChI is InChI=1S/C13H13BrN2OS/c14-12-7-6-11(18-12)9-16-13(17)15-8-10-4-2-1-3-5-10/h1-7H,8-9H2,(H2,15,16,17). The Morgan fingerprint density at radius 1 is 1.06 bits per heavy atom. The zero-order valence-corrected chi connectivity index (χ0v) is 12.1. The summed E-state index contributed by atoms with van der Waals surface area (Å²) in [5, 5.41) is 5.64. The molecule has 0 spiro atoms. The van der Waals surface area contributed by atoms with E-state index in [1.807, 2.05) is 42.5 Å². The first-order valence-corrected chi connectivity index (χ1v) is 7.15. The van der Waals surface area contributed by atoms with E-state index in [1.165, 1.54) is 0 Å². The molecule has 0 unspecified atom stereocenters. The smallest absolute Gasteiger partial charge is 0.315 e. The van der Waals surface area contributed by atoms with Crippen LogP contribution in [0.4, 0.5) is 4.79 Å². The number of carbonyl (C=O) groups excluding carboxylic acids is 1. The number of rotatable bonds is 4. The molecule has 5 heteroatoms. The molecule has 0 fully saturated rings. The lowest BCUT2D eigenvalue weighted by atomic mass is 10.2. The van der Waals surface area contributed by atoms with Crippen molar-refractivity contribution in [1.29, 1.82) is 0 Å². The molecule has 0 saturated heterocycles. The van der Waals surface area contributed by atoms with Crippen LogP contribution in [-0.2, 0) is 13.1 Å². The van der Waals surface area contributed by atoms with Crippen molar-refractivity contribution < 1.29 is 4.79 Å². The number of urea groups is 1.